The summed E-state index contributed by atoms with van der Waals surface area (Å²) >= 11 is 6.14. The highest BCUT2D eigenvalue weighted by atomic mass is 35.5. The van der Waals surface area contributed by atoms with E-state index in [1.807, 2.05) is 25.1 Å². The Bertz CT molecular complexity index is 806. The number of carbonyl (C=O) groups is 2. The number of nitrogens with zero attached hydrogens (tertiary/aromatic N) is 1. The van der Waals surface area contributed by atoms with E-state index in [4.69, 9.17) is 11.6 Å². The summed E-state index contributed by atoms with van der Waals surface area (Å²) in [6, 6.07) is 15.1. The van der Waals surface area contributed by atoms with Crippen LogP contribution in [-0.2, 0) is 11.3 Å². The number of nitrogens with one attached hydrogen (secondary N) is 1. The molecule has 4 nitrogen and oxygen atoms in total. The molecule has 2 amide bonds. The summed E-state index contributed by atoms with van der Waals surface area (Å²) in [5, 5.41) is 3.45. The molecule has 136 valence electrons. The zero-order chi connectivity index (χ0) is 18.5. The summed E-state index contributed by atoms with van der Waals surface area (Å²) in [4.78, 5) is 27.0. The Hall–Kier alpha value is -2.33. The van der Waals surface area contributed by atoms with Gasteiger partial charge < -0.3 is 10.2 Å². The van der Waals surface area contributed by atoms with Crippen LogP contribution in [0.3, 0.4) is 0 Å². The fourth-order valence-electron chi connectivity index (χ4n) is 3.34. The highest BCUT2D eigenvalue weighted by Gasteiger charge is 2.29. The van der Waals surface area contributed by atoms with Crippen molar-refractivity contribution in [3.63, 3.8) is 0 Å². The Labute approximate surface area is 159 Å². The van der Waals surface area contributed by atoms with E-state index in [1.165, 1.54) is 5.56 Å². The van der Waals surface area contributed by atoms with Gasteiger partial charge in [0.25, 0.3) is 5.91 Å². The van der Waals surface area contributed by atoms with Gasteiger partial charge in [-0.05, 0) is 37.5 Å². The van der Waals surface area contributed by atoms with E-state index in [0.29, 0.717) is 30.2 Å². The molecule has 0 radical (unpaired) electrons. The first-order chi connectivity index (χ1) is 12.5. The number of hydrogen-bond acceptors (Lipinski definition) is 2. The first-order valence-electron chi connectivity index (χ1n) is 8.91. The molecular weight excluding hydrogens is 348 g/mol. The van der Waals surface area contributed by atoms with Crippen LogP contribution in [0.25, 0.3) is 0 Å². The van der Waals surface area contributed by atoms with Crippen molar-refractivity contribution >= 4 is 23.4 Å². The molecular formula is C21H23ClN2O2. The largest absolute Gasteiger partial charge is 0.352 e. The molecule has 1 atom stereocenters. The number of piperidine rings is 1. The maximum Gasteiger partial charge on any atom is 0.255 e. The van der Waals surface area contributed by atoms with E-state index in [-0.39, 0.29) is 17.7 Å². The van der Waals surface area contributed by atoms with Crippen LogP contribution in [0.2, 0.25) is 5.02 Å². The lowest BCUT2D eigenvalue weighted by molar-refractivity contribution is -0.126. The van der Waals surface area contributed by atoms with Crippen molar-refractivity contribution in [1.82, 2.24) is 10.2 Å². The van der Waals surface area contributed by atoms with Crippen LogP contribution in [0.1, 0.15) is 34.3 Å². The van der Waals surface area contributed by atoms with Crippen molar-refractivity contribution in [2.75, 3.05) is 13.1 Å². The summed E-state index contributed by atoms with van der Waals surface area (Å²) in [5.41, 5.74) is 2.75. The van der Waals surface area contributed by atoms with E-state index < -0.39 is 0 Å². The molecule has 2 aromatic carbocycles. The average molecular weight is 371 g/mol. The second kappa shape index (κ2) is 8.37. The minimum Gasteiger partial charge on any atom is -0.352 e. The van der Waals surface area contributed by atoms with Gasteiger partial charge in [0, 0.05) is 19.6 Å². The fourth-order valence-corrected chi connectivity index (χ4v) is 3.55. The zero-order valence-electron chi connectivity index (χ0n) is 14.9. The van der Waals surface area contributed by atoms with Crippen LogP contribution >= 0.6 is 11.6 Å². The lowest BCUT2D eigenvalue weighted by atomic mass is 9.96. The smallest absolute Gasteiger partial charge is 0.255 e. The minimum atomic E-state index is -0.181. The fraction of sp³-hybridized carbons (Fsp3) is 0.333. The van der Waals surface area contributed by atoms with E-state index in [1.54, 1.807) is 29.2 Å². The molecule has 0 aromatic heterocycles. The van der Waals surface area contributed by atoms with Gasteiger partial charge in [0.1, 0.15) is 0 Å². The Kier molecular flexibility index (Phi) is 5.94. The summed E-state index contributed by atoms with van der Waals surface area (Å²) in [6.07, 6.45) is 1.62. The minimum absolute atomic E-state index is 0.00293. The number of halogens is 1. The molecule has 1 fully saturated rings. The summed E-state index contributed by atoms with van der Waals surface area (Å²) in [7, 11) is 0. The molecule has 0 aliphatic carbocycles. The number of hydrogen-bond donors (Lipinski definition) is 1. The highest BCUT2D eigenvalue weighted by molar-refractivity contribution is 6.33. The van der Waals surface area contributed by atoms with Crippen molar-refractivity contribution in [3.8, 4) is 0 Å². The number of aryl methyl sites for hydroxylation is 1. The Morgan fingerprint density at radius 3 is 2.77 bits per heavy atom. The highest BCUT2D eigenvalue weighted by Crippen LogP contribution is 2.22. The third kappa shape index (κ3) is 4.44. The Morgan fingerprint density at radius 2 is 2.00 bits per heavy atom. The number of amides is 2. The first-order valence-corrected chi connectivity index (χ1v) is 9.29. The average Bonchev–Trinajstić information content (AvgIpc) is 2.66. The zero-order valence-corrected chi connectivity index (χ0v) is 15.6. The molecule has 2 aromatic rings. The third-order valence-electron chi connectivity index (χ3n) is 4.73. The number of carbonyl (C=O) groups excluding carboxylic acids is 2. The van der Waals surface area contributed by atoms with Crippen LogP contribution in [0, 0.1) is 12.8 Å². The normalized spacial score (nSPS) is 17.0. The number of rotatable bonds is 4. The summed E-state index contributed by atoms with van der Waals surface area (Å²) in [6.45, 7) is 3.63. The molecule has 1 N–H and O–H groups in total. The number of benzene rings is 2. The lowest BCUT2D eigenvalue weighted by Crippen LogP contribution is -2.45. The van der Waals surface area contributed by atoms with Crippen LogP contribution in [0.15, 0.2) is 48.5 Å². The molecule has 26 heavy (non-hydrogen) atoms. The van der Waals surface area contributed by atoms with Crippen LogP contribution < -0.4 is 5.32 Å². The molecule has 1 saturated heterocycles. The van der Waals surface area contributed by atoms with Gasteiger partial charge in [-0.3, -0.25) is 9.59 Å². The first kappa shape index (κ1) is 18.5. The van der Waals surface area contributed by atoms with Gasteiger partial charge in [-0.2, -0.15) is 0 Å². The van der Waals surface area contributed by atoms with Crippen LogP contribution in [0.5, 0.6) is 0 Å². The summed E-state index contributed by atoms with van der Waals surface area (Å²) < 4.78 is 0. The summed E-state index contributed by atoms with van der Waals surface area (Å²) in [5.74, 6) is -0.282. The second-order valence-electron chi connectivity index (χ2n) is 6.78. The molecule has 0 saturated carbocycles. The predicted molar refractivity (Wildman–Crippen MR) is 103 cm³/mol. The monoisotopic (exact) mass is 370 g/mol. The van der Waals surface area contributed by atoms with Gasteiger partial charge in [-0.25, -0.2) is 0 Å². The van der Waals surface area contributed by atoms with Gasteiger partial charge in [0.05, 0.1) is 16.5 Å². The van der Waals surface area contributed by atoms with E-state index in [0.717, 1.165) is 18.4 Å². The maximum absolute atomic E-state index is 12.7. The Morgan fingerprint density at radius 1 is 1.19 bits per heavy atom. The van der Waals surface area contributed by atoms with Gasteiger partial charge in [-0.15, -0.1) is 0 Å². The predicted octanol–water partition coefficient (Wildman–Crippen LogP) is 3.82. The number of likely N-dealkylation sites (tertiary alicyclic amines) is 1. The second-order valence-corrected chi connectivity index (χ2v) is 7.18. The van der Waals surface area contributed by atoms with E-state index in [2.05, 4.69) is 11.4 Å². The molecule has 3 rings (SSSR count). The third-order valence-corrected chi connectivity index (χ3v) is 5.06. The maximum atomic E-state index is 12.7. The molecule has 0 spiro atoms. The molecule has 1 aliphatic heterocycles. The molecule has 1 heterocycles. The molecule has 1 aliphatic rings. The van der Waals surface area contributed by atoms with Gasteiger partial charge in [-0.1, -0.05) is 53.6 Å². The van der Waals surface area contributed by atoms with Gasteiger partial charge in [0.2, 0.25) is 5.91 Å². The lowest BCUT2D eigenvalue weighted by Gasteiger charge is -2.32. The SMILES string of the molecule is Cc1cccc(CNC(=O)[C@H]2CCCN(C(=O)c3ccccc3Cl)C2)c1. The van der Waals surface area contributed by atoms with E-state index >= 15 is 0 Å². The molecule has 5 heteroatoms. The van der Waals surface area contributed by atoms with Crippen molar-refractivity contribution in [1.29, 1.82) is 0 Å². The van der Waals surface area contributed by atoms with Gasteiger partial charge in [0.15, 0.2) is 0 Å². The quantitative estimate of drug-likeness (QED) is 0.889. The van der Waals surface area contributed by atoms with Crippen molar-refractivity contribution < 1.29 is 9.59 Å². The van der Waals surface area contributed by atoms with Crippen molar-refractivity contribution in [2.24, 2.45) is 5.92 Å². The van der Waals surface area contributed by atoms with Crippen molar-refractivity contribution in [2.45, 2.75) is 26.3 Å². The Balaban J connectivity index is 1.60. The van der Waals surface area contributed by atoms with E-state index in [9.17, 15) is 9.59 Å². The van der Waals surface area contributed by atoms with Crippen LogP contribution in [-0.4, -0.2) is 29.8 Å². The molecule has 0 bridgehead atoms. The van der Waals surface area contributed by atoms with Crippen LogP contribution in [0.4, 0.5) is 0 Å². The standard InChI is InChI=1S/C21H23ClN2O2/c1-15-6-4-7-16(12-15)13-23-20(25)17-8-5-11-24(14-17)21(26)18-9-2-3-10-19(18)22/h2-4,6-7,9-10,12,17H,5,8,11,13-14H2,1H3,(H,23,25)/t17-/m0/s1. The van der Waals surface area contributed by atoms with Gasteiger partial charge >= 0.3 is 0 Å². The topological polar surface area (TPSA) is 49.4 Å². The van der Waals surface area contributed by atoms with Crippen molar-refractivity contribution in [3.05, 3.63) is 70.2 Å². The molecule has 0 unspecified atom stereocenters.